The number of aromatic nitrogens is 8. The summed E-state index contributed by atoms with van der Waals surface area (Å²) in [6, 6.07) is 53.9. The highest BCUT2D eigenvalue weighted by Gasteiger charge is 2.34. The van der Waals surface area contributed by atoms with E-state index in [0.29, 0.717) is 135 Å². The highest BCUT2D eigenvalue weighted by atomic mass is 19.1. The number of fused-ring (bicyclic) bond motifs is 4. The number of nitrogens with zero attached hydrogens (tertiary/aromatic N) is 12. The van der Waals surface area contributed by atoms with Gasteiger partial charge in [-0.05, 0) is 213 Å². The SMILES string of the molecule is Cc1nc2cccnc2c(C)c1N(c1ccc(F)cc1)c1cc(N(c2ccc(F)cc2)c2c(C)nc3cccnc3c2C)c2ccc3c(N(c4ccc(F)cc4)c4c(C)nc5cccnc5c4C)cc(N(c4ccc(F)cc4)c4c(C)nc5cccnc5c4C)c4ccc1c2c43. The molecule has 0 spiro atoms. The molecule has 0 amide bonds. The number of benzene rings is 8. The van der Waals surface area contributed by atoms with E-state index in [1.807, 2.05) is 104 Å². The van der Waals surface area contributed by atoms with E-state index >= 15 is 17.6 Å². The molecule has 0 radical (unpaired) electrons. The van der Waals surface area contributed by atoms with Crippen LogP contribution in [0.3, 0.4) is 0 Å². The lowest BCUT2D eigenvalue weighted by Gasteiger charge is -2.36. The van der Waals surface area contributed by atoms with Gasteiger partial charge in [0.05, 0.1) is 112 Å². The van der Waals surface area contributed by atoms with Crippen LogP contribution in [0.2, 0.25) is 0 Å². The molecule has 0 N–H and O–H groups in total. The maximum atomic E-state index is 15.7. The largest absolute Gasteiger partial charge is 0.308 e. The normalized spacial score (nSPS) is 11.8. The summed E-state index contributed by atoms with van der Waals surface area (Å²) in [6.45, 7) is 16.0. The van der Waals surface area contributed by atoms with Crippen molar-refractivity contribution in [3.63, 3.8) is 0 Å². The van der Waals surface area contributed by atoms with Crippen LogP contribution in [0.5, 0.6) is 0 Å². The quantitative estimate of drug-likeness (QED) is 0.0856. The first-order chi connectivity index (χ1) is 46.6. The van der Waals surface area contributed by atoms with Gasteiger partial charge < -0.3 is 19.6 Å². The first-order valence-electron chi connectivity index (χ1n) is 31.5. The molecule has 16 aromatic rings. The van der Waals surface area contributed by atoms with Crippen molar-refractivity contribution in [1.29, 1.82) is 0 Å². The summed E-state index contributed by atoms with van der Waals surface area (Å²) in [5.41, 5.74) is 19.6. The number of hydrogen-bond donors (Lipinski definition) is 0. The predicted molar refractivity (Wildman–Crippen MR) is 379 cm³/mol. The molecule has 8 heterocycles. The number of pyridine rings is 8. The molecular formula is C80H58F4N12. The van der Waals surface area contributed by atoms with E-state index in [9.17, 15) is 0 Å². The third-order valence-electron chi connectivity index (χ3n) is 18.5. The van der Waals surface area contributed by atoms with E-state index in [4.69, 9.17) is 39.9 Å². The molecule has 8 aromatic heterocycles. The minimum absolute atomic E-state index is 0.422. The second-order valence-electron chi connectivity index (χ2n) is 24.3. The van der Waals surface area contributed by atoms with Crippen molar-refractivity contribution in [2.75, 3.05) is 19.6 Å². The number of aryl methyl sites for hydroxylation is 8. The zero-order valence-corrected chi connectivity index (χ0v) is 53.5. The monoisotopic (exact) mass is 1260 g/mol. The molecule has 0 saturated carbocycles. The van der Waals surface area contributed by atoms with Crippen LogP contribution in [0.15, 0.2) is 207 Å². The van der Waals surface area contributed by atoms with Crippen molar-refractivity contribution in [2.45, 2.75) is 55.4 Å². The van der Waals surface area contributed by atoms with E-state index in [0.717, 1.165) is 54.6 Å². The highest BCUT2D eigenvalue weighted by molar-refractivity contribution is 6.33. The fourth-order valence-corrected chi connectivity index (χ4v) is 14.5. The molecule has 0 unspecified atom stereocenters. The molecule has 16 heteroatoms. The minimum atomic E-state index is -0.422. The highest BCUT2D eigenvalue weighted by Crippen LogP contribution is 2.57. The number of rotatable bonds is 12. The Hall–Kier alpha value is -12.0. The summed E-state index contributed by atoms with van der Waals surface area (Å²) in [5, 5.41) is 4.69. The Balaban J connectivity index is 1.15. The number of anilines is 12. The molecule has 8 aromatic carbocycles. The fraction of sp³-hybridized carbons (Fsp3) is 0.100. The molecular weight excluding hydrogens is 1200 g/mol. The molecule has 0 fully saturated rings. The van der Waals surface area contributed by atoms with Crippen LogP contribution in [0.4, 0.5) is 85.8 Å². The van der Waals surface area contributed by atoms with Gasteiger partial charge in [-0.1, -0.05) is 24.3 Å². The van der Waals surface area contributed by atoms with Gasteiger partial charge in [0.15, 0.2) is 0 Å². The molecule has 96 heavy (non-hydrogen) atoms. The molecule has 466 valence electrons. The summed E-state index contributed by atoms with van der Waals surface area (Å²) in [4.78, 5) is 49.2. The molecule has 0 aliphatic heterocycles. The first-order valence-corrected chi connectivity index (χ1v) is 31.5. The Kier molecular flexibility index (Phi) is 14.1. The van der Waals surface area contributed by atoms with E-state index in [2.05, 4.69) is 56.0 Å². The smallest absolute Gasteiger partial charge is 0.123 e. The molecule has 0 bridgehead atoms. The standard InChI is InChI=1S/C80H58F4N12/c1-43-73-63(13-9-37-85-73)89-47(5)77(43)93(55-25-17-51(81)18-26-55)67-41-68(94(56-27-19-52(82)20-28-56)78-44(2)74-64(90-48(78)6)14-10-38-86-74)60-35-36-62-70(96(58-31-23-54(84)24-32-58)80-46(4)76-66(92-50(80)8)16-12-40-88-76)42-69(61-34-33-59(67)71(60)72(61)62)95(57-29-21-53(83)22-30-57)79-45(3)75-65(91-49(79)7)15-11-39-87-75/h9-42H,1-8H3. The zero-order chi connectivity index (χ0) is 65.9. The van der Waals surface area contributed by atoms with Gasteiger partial charge in [-0.25, -0.2) is 37.5 Å². The lowest BCUT2D eigenvalue weighted by atomic mass is 9.88. The van der Waals surface area contributed by atoms with Crippen LogP contribution in [-0.4, -0.2) is 39.9 Å². The Morgan fingerprint density at radius 1 is 0.260 bits per heavy atom. The second kappa shape index (κ2) is 22.9. The maximum absolute atomic E-state index is 15.7. The summed E-state index contributed by atoms with van der Waals surface area (Å²) >= 11 is 0. The summed E-state index contributed by atoms with van der Waals surface area (Å²) in [5.74, 6) is -1.69. The van der Waals surface area contributed by atoms with Gasteiger partial charge in [0.25, 0.3) is 0 Å². The number of hydrogen-bond acceptors (Lipinski definition) is 12. The van der Waals surface area contributed by atoms with Gasteiger partial charge in [0.2, 0.25) is 0 Å². The molecule has 0 atom stereocenters. The van der Waals surface area contributed by atoms with Gasteiger partial charge in [-0.2, -0.15) is 0 Å². The van der Waals surface area contributed by atoms with E-state index in [1.165, 1.54) is 48.5 Å². The Morgan fingerprint density at radius 3 is 0.677 bits per heavy atom. The summed E-state index contributed by atoms with van der Waals surface area (Å²) in [7, 11) is 0. The van der Waals surface area contributed by atoms with Crippen LogP contribution in [0.25, 0.3) is 76.5 Å². The van der Waals surface area contributed by atoms with Crippen molar-refractivity contribution in [3.8, 4) is 0 Å². The van der Waals surface area contributed by atoms with E-state index in [-0.39, 0.29) is 0 Å². The van der Waals surface area contributed by atoms with Crippen molar-refractivity contribution >= 4 is 145 Å². The van der Waals surface area contributed by atoms with Crippen molar-refractivity contribution < 1.29 is 17.6 Å². The third-order valence-corrected chi connectivity index (χ3v) is 18.5. The van der Waals surface area contributed by atoms with Gasteiger partial charge in [-0.15, -0.1) is 0 Å². The van der Waals surface area contributed by atoms with Crippen molar-refractivity contribution in [3.05, 3.63) is 275 Å². The Bertz CT molecular complexity index is 5120. The Labute approximate surface area is 549 Å². The molecule has 0 aliphatic rings. The van der Waals surface area contributed by atoms with Crippen LogP contribution in [0, 0.1) is 78.7 Å². The van der Waals surface area contributed by atoms with Crippen LogP contribution in [-0.2, 0) is 0 Å². The summed E-state index contributed by atoms with van der Waals surface area (Å²) in [6.07, 6.45) is 7.02. The van der Waals surface area contributed by atoms with Crippen LogP contribution in [0.1, 0.15) is 45.0 Å². The maximum Gasteiger partial charge on any atom is 0.123 e. The second-order valence-corrected chi connectivity index (χ2v) is 24.3. The predicted octanol–water partition coefficient (Wildman–Crippen LogP) is 21.3. The Morgan fingerprint density at radius 2 is 0.469 bits per heavy atom. The lowest BCUT2D eigenvalue weighted by Crippen LogP contribution is -2.19. The van der Waals surface area contributed by atoms with Gasteiger partial charge in [0, 0.05) is 102 Å². The third kappa shape index (κ3) is 9.49. The average molecular weight is 1260 g/mol. The molecule has 12 nitrogen and oxygen atoms in total. The minimum Gasteiger partial charge on any atom is -0.308 e. The van der Waals surface area contributed by atoms with Crippen LogP contribution >= 0.6 is 0 Å². The number of halogens is 4. The molecule has 0 saturated heterocycles. The van der Waals surface area contributed by atoms with Gasteiger partial charge in [-0.3, -0.25) is 19.9 Å². The first kappa shape index (κ1) is 59.0. The lowest BCUT2D eigenvalue weighted by molar-refractivity contribution is 0.627. The van der Waals surface area contributed by atoms with Crippen molar-refractivity contribution in [1.82, 2.24) is 39.9 Å². The fourth-order valence-electron chi connectivity index (χ4n) is 14.5. The van der Waals surface area contributed by atoms with Crippen LogP contribution < -0.4 is 19.6 Å². The van der Waals surface area contributed by atoms with Gasteiger partial charge >= 0.3 is 0 Å². The topological polar surface area (TPSA) is 116 Å². The summed E-state index contributed by atoms with van der Waals surface area (Å²) < 4.78 is 62.6. The van der Waals surface area contributed by atoms with Gasteiger partial charge in [0.1, 0.15) is 23.3 Å². The molecule has 16 rings (SSSR count). The average Bonchev–Trinajstić information content (AvgIpc) is 0.697. The van der Waals surface area contributed by atoms with Crippen molar-refractivity contribution in [2.24, 2.45) is 0 Å². The zero-order valence-electron chi connectivity index (χ0n) is 53.5. The van der Waals surface area contributed by atoms with E-state index < -0.39 is 23.3 Å². The van der Waals surface area contributed by atoms with E-state index in [1.54, 1.807) is 73.3 Å². The molecule has 0 aliphatic carbocycles.